The first-order chi connectivity index (χ1) is 10.6. The van der Waals surface area contributed by atoms with Gasteiger partial charge in [0.1, 0.15) is 12.4 Å². The molecule has 120 valence electrons. The van der Waals surface area contributed by atoms with E-state index in [-0.39, 0.29) is 23.9 Å². The summed E-state index contributed by atoms with van der Waals surface area (Å²) < 4.78 is 13.3. The molecule has 0 spiro atoms. The van der Waals surface area contributed by atoms with Crippen LogP contribution in [0.1, 0.15) is 23.7 Å². The molecule has 2 rings (SSSR count). The van der Waals surface area contributed by atoms with Gasteiger partial charge in [0, 0.05) is 38.3 Å². The van der Waals surface area contributed by atoms with Gasteiger partial charge in [0.25, 0.3) is 5.91 Å². The lowest BCUT2D eigenvalue weighted by Gasteiger charge is -2.30. The fraction of sp³-hybridized carbons (Fsp3) is 0.500. The summed E-state index contributed by atoms with van der Waals surface area (Å²) in [5.41, 5.74) is 0.279. The van der Waals surface area contributed by atoms with Gasteiger partial charge in [0.15, 0.2) is 0 Å². The van der Waals surface area contributed by atoms with Gasteiger partial charge < -0.3 is 15.1 Å². The summed E-state index contributed by atoms with van der Waals surface area (Å²) in [6.07, 6.45) is 0.746. The van der Waals surface area contributed by atoms with Crippen molar-refractivity contribution in [3.05, 3.63) is 35.6 Å². The number of hydrogen-bond acceptors (Lipinski definition) is 3. The highest BCUT2D eigenvalue weighted by molar-refractivity contribution is 5.96. The van der Waals surface area contributed by atoms with Gasteiger partial charge in [0.05, 0.1) is 0 Å². The molecule has 1 aromatic rings. The minimum atomic E-state index is -0.448. The first kappa shape index (κ1) is 16.4. The molecule has 0 atom stereocenters. The molecule has 6 heteroatoms. The number of halogens is 1. The van der Waals surface area contributed by atoms with E-state index in [1.54, 1.807) is 11.0 Å². The van der Waals surface area contributed by atoms with Crippen molar-refractivity contribution in [1.29, 1.82) is 0 Å². The van der Waals surface area contributed by atoms with E-state index in [4.69, 9.17) is 0 Å². The van der Waals surface area contributed by atoms with Gasteiger partial charge in [-0.05, 0) is 24.6 Å². The molecular formula is C16H22FN3O2. The molecule has 1 N–H and O–H groups in total. The first-order valence-corrected chi connectivity index (χ1v) is 7.65. The van der Waals surface area contributed by atoms with E-state index in [0.29, 0.717) is 19.6 Å². The van der Waals surface area contributed by atoms with Crippen molar-refractivity contribution in [3.8, 4) is 0 Å². The number of amides is 2. The molecule has 0 radical (unpaired) electrons. The minimum Gasteiger partial charge on any atom is -0.339 e. The van der Waals surface area contributed by atoms with Gasteiger partial charge in [-0.15, -0.1) is 0 Å². The summed E-state index contributed by atoms with van der Waals surface area (Å²) in [5, 5.41) is 3.19. The minimum absolute atomic E-state index is 0.0448. The monoisotopic (exact) mass is 307 g/mol. The largest absolute Gasteiger partial charge is 0.339 e. The number of carbonyl (C=O) groups is 2. The third kappa shape index (κ3) is 4.27. The molecule has 0 bridgehead atoms. The van der Waals surface area contributed by atoms with Crippen molar-refractivity contribution < 1.29 is 14.0 Å². The number of carbonyl (C=O) groups excluding carboxylic acids is 2. The van der Waals surface area contributed by atoms with E-state index >= 15 is 0 Å². The van der Waals surface area contributed by atoms with Gasteiger partial charge in [-0.25, -0.2) is 4.39 Å². The predicted molar refractivity (Wildman–Crippen MR) is 82.0 cm³/mol. The second-order valence-electron chi connectivity index (χ2n) is 5.37. The van der Waals surface area contributed by atoms with Crippen LogP contribution in [0.15, 0.2) is 24.3 Å². The molecule has 1 saturated heterocycles. The molecule has 0 unspecified atom stereocenters. The molecule has 0 aliphatic carbocycles. The molecule has 22 heavy (non-hydrogen) atoms. The quantitative estimate of drug-likeness (QED) is 0.886. The Kier molecular flexibility index (Phi) is 5.89. The molecule has 1 heterocycles. The lowest BCUT2D eigenvalue weighted by molar-refractivity contribution is -0.132. The number of nitrogens with one attached hydrogen (secondary N) is 1. The lowest BCUT2D eigenvalue weighted by atomic mass is 10.2. The van der Waals surface area contributed by atoms with Crippen LogP contribution < -0.4 is 5.32 Å². The summed E-state index contributed by atoms with van der Waals surface area (Å²) in [6, 6.07) is 5.58. The zero-order chi connectivity index (χ0) is 15.9. The van der Waals surface area contributed by atoms with E-state index in [0.717, 1.165) is 19.5 Å². The van der Waals surface area contributed by atoms with Gasteiger partial charge in [-0.2, -0.15) is 0 Å². The number of benzene rings is 1. The van der Waals surface area contributed by atoms with Gasteiger partial charge >= 0.3 is 0 Å². The molecule has 0 saturated carbocycles. The number of piperazine rings is 1. The van der Waals surface area contributed by atoms with E-state index in [2.05, 4.69) is 5.32 Å². The third-order valence-corrected chi connectivity index (χ3v) is 3.65. The average molecular weight is 307 g/mol. The maximum atomic E-state index is 13.3. The molecule has 5 nitrogen and oxygen atoms in total. The highest BCUT2D eigenvalue weighted by Crippen LogP contribution is 2.09. The van der Waals surface area contributed by atoms with Crippen molar-refractivity contribution in [2.45, 2.75) is 13.3 Å². The Morgan fingerprint density at radius 1 is 1.32 bits per heavy atom. The number of hydrogen-bond donors (Lipinski definition) is 1. The first-order valence-electron chi connectivity index (χ1n) is 7.65. The van der Waals surface area contributed by atoms with Crippen molar-refractivity contribution in [2.75, 3.05) is 39.3 Å². The van der Waals surface area contributed by atoms with Crippen LogP contribution >= 0.6 is 0 Å². The Labute approximate surface area is 130 Å². The number of nitrogens with zero attached hydrogens (tertiary/aromatic N) is 2. The second-order valence-corrected chi connectivity index (χ2v) is 5.37. The Morgan fingerprint density at radius 2 is 2.05 bits per heavy atom. The van der Waals surface area contributed by atoms with Crippen LogP contribution in [0.2, 0.25) is 0 Å². The SMILES string of the molecule is CCCN(CC(=O)N1CCNCC1)C(=O)c1cccc(F)c1. The summed E-state index contributed by atoms with van der Waals surface area (Å²) in [4.78, 5) is 28.1. The Bertz CT molecular complexity index is 530. The normalized spacial score (nSPS) is 14.7. The van der Waals surface area contributed by atoms with E-state index in [1.807, 2.05) is 6.92 Å². The Morgan fingerprint density at radius 3 is 2.68 bits per heavy atom. The lowest BCUT2D eigenvalue weighted by Crippen LogP contribution is -2.50. The van der Waals surface area contributed by atoms with E-state index in [9.17, 15) is 14.0 Å². The molecule has 0 aromatic heterocycles. The van der Waals surface area contributed by atoms with Crippen LogP contribution in [0.4, 0.5) is 4.39 Å². The number of rotatable bonds is 5. The van der Waals surface area contributed by atoms with Crippen molar-refractivity contribution in [3.63, 3.8) is 0 Å². The van der Waals surface area contributed by atoms with E-state index in [1.165, 1.54) is 23.1 Å². The van der Waals surface area contributed by atoms with Crippen LogP contribution in [-0.4, -0.2) is 60.9 Å². The van der Waals surface area contributed by atoms with Crippen LogP contribution in [0, 0.1) is 5.82 Å². The van der Waals surface area contributed by atoms with Crippen LogP contribution in [0.5, 0.6) is 0 Å². The molecular weight excluding hydrogens is 285 g/mol. The molecule has 1 fully saturated rings. The highest BCUT2D eigenvalue weighted by Gasteiger charge is 2.22. The van der Waals surface area contributed by atoms with Crippen LogP contribution in [0.3, 0.4) is 0 Å². The third-order valence-electron chi connectivity index (χ3n) is 3.65. The molecule has 1 aliphatic rings. The standard InChI is InChI=1S/C16H22FN3O2/c1-2-8-20(12-15(21)19-9-6-18-7-10-19)16(22)13-4-3-5-14(17)11-13/h3-5,11,18H,2,6-10,12H2,1H3. The van der Waals surface area contributed by atoms with Crippen molar-refractivity contribution in [2.24, 2.45) is 0 Å². The van der Waals surface area contributed by atoms with Crippen LogP contribution in [-0.2, 0) is 4.79 Å². The Balaban J connectivity index is 2.05. The molecule has 1 aliphatic heterocycles. The summed E-state index contributed by atoms with van der Waals surface area (Å²) in [5.74, 6) is -0.805. The van der Waals surface area contributed by atoms with Crippen molar-refractivity contribution in [1.82, 2.24) is 15.1 Å². The van der Waals surface area contributed by atoms with Gasteiger partial charge in [-0.3, -0.25) is 9.59 Å². The maximum absolute atomic E-state index is 13.3. The zero-order valence-corrected chi connectivity index (χ0v) is 12.8. The average Bonchev–Trinajstić information content (AvgIpc) is 2.54. The summed E-state index contributed by atoms with van der Waals surface area (Å²) in [7, 11) is 0. The molecule has 2 amide bonds. The predicted octanol–water partition coefficient (Wildman–Crippen LogP) is 1.11. The van der Waals surface area contributed by atoms with Crippen LogP contribution in [0.25, 0.3) is 0 Å². The zero-order valence-electron chi connectivity index (χ0n) is 12.8. The molecule has 1 aromatic carbocycles. The maximum Gasteiger partial charge on any atom is 0.254 e. The Hall–Kier alpha value is -1.95. The fourth-order valence-corrected chi connectivity index (χ4v) is 2.50. The van der Waals surface area contributed by atoms with Gasteiger partial charge in [-0.1, -0.05) is 13.0 Å². The fourth-order valence-electron chi connectivity index (χ4n) is 2.50. The van der Waals surface area contributed by atoms with Crippen molar-refractivity contribution >= 4 is 11.8 Å². The topological polar surface area (TPSA) is 52.7 Å². The summed E-state index contributed by atoms with van der Waals surface area (Å²) in [6.45, 7) is 5.34. The van der Waals surface area contributed by atoms with Gasteiger partial charge in [0.2, 0.25) is 5.91 Å². The second kappa shape index (κ2) is 7.89. The summed E-state index contributed by atoms with van der Waals surface area (Å²) >= 11 is 0. The van der Waals surface area contributed by atoms with E-state index < -0.39 is 5.82 Å². The highest BCUT2D eigenvalue weighted by atomic mass is 19.1. The smallest absolute Gasteiger partial charge is 0.254 e.